The van der Waals surface area contributed by atoms with E-state index in [1.54, 1.807) is 12.5 Å². The Kier molecular flexibility index (Phi) is 5.50. The van der Waals surface area contributed by atoms with Crippen LogP contribution in [0.5, 0.6) is 0 Å². The zero-order chi connectivity index (χ0) is 12.8. The maximum atomic E-state index is 12.2. The van der Waals surface area contributed by atoms with Gasteiger partial charge < -0.3 is 9.32 Å². The first-order chi connectivity index (χ1) is 8.79. The maximum Gasteiger partial charge on any atom is 0.224 e. The topological polar surface area (TPSA) is 33.5 Å². The van der Waals surface area contributed by atoms with E-state index in [2.05, 4.69) is 0 Å². The number of rotatable bonds is 5. The van der Waals surface area contributed by atoms with Crippen LogP contribution in [0, 0.1) is 0 Å². The maximum absolute atomic E-state index is 12.2. The number of thioether (sulfide) groups is 2. The number of hydrogen-bond acceptors (Lipinski definition) is 4. The third-order valence-corrected chi connectivity index (χ3v) is 5.82. The molecule has 18 heavy (non-hydrogen) atoms. The van der Waals surface area contributed by atoms with E-state index in [-0.39, 0.29) is 5.91 Å². The van der Waals surface area contributed by atoms with Crippen molar-refractivity contribution in [2.75, 3.05) is 23.8 Å². The van der Waals surface area contributed by atoms with Crippen molar-refractivity contribution >= 4 is 29.4 Å². The van der Waals surface area contributed by atoms with E-state index in [0.717, 1.165) is 17.9 Å². The monoisotopic (exact) mass is 285 g/mol. The molecular formula is C13H19NO2S2. The normalized spacial score (nSPS) is 19.7. The molecule has 2 rings (SSSR count). The van der Waals surface area contributed by atoms with Crippen LogP contribution in [-0.4, -0.2) is 39.9 Å². The summed E-state index contributed by atoms with van der Waals surface area (Å²) in [4.78, 5) is 14.1. The van der Waals surface area contributed by atoms with Crippen molar-refractivity contribution in [3.05, 3.63) is 24.2 Å². The van der Waals surface area contributed by atoms with E-state index in [4.69, 9.17) is 4.42 Å². The molecular weight excluding hydrogens is 266 g/mol. The van der Waals surface area contributed by atoms with Gasteiger partial charge in [-0.1, -0.05) is 0 Å². The second-order valence-electron chi connectivity index (χ2n) is 4.31. The summed E-state index contributed by atoms with van der Waals surface area (Å²) in [5, 5.41) is 0.495. The lowest BCUT2D eigenvalue weighted by molar-refractivity contribution is -0.131. The Morgan fingerprint density at radius 3 is 3.06 bits per heavy atom. The van der Waals surface area contributed by atoms with E-state index >= 15 is 0 Å². The smallest absolute Gasteiger partial charge is 0.224 e. The van der Waals surface area contributed by atoms with Crippen LogP contribution < -0.4 is 0 Å². The van der Waals surface area contributed by atoms with Crippen molar-refractivity contribution in [2.45, 2.75) is 25.1 Å². The van der Waals surface area contributed by atoms with E-state index in [9.17, 15) is 4.79 Å². The highest BCUT2D eigenvalue weighted by Gasteiger charge is 2.21. The molecule has 1 aromatic rings. The van der Waals surface area contributed by atoms with Crippen LogP contribution in [-0.2, 0) is 11.3 Å². The lowest BCUT2D eigenvalue weighted by Gasteiger charge is -2.25. The molecule has 0 unspecified atom stereocenters. The van der Waals surface area contributed by atoms with Gasteiger partial charge in [-0.05, 0) is 13.0 Å². The molecule has 0 aromatic carbocycles. The predicted octanol–water partition coefficient (Wildman–Crippen LogP) is 2.87. The number of furan rings is 1. The zero-order valence-electron chi connectivity index (χ0n) is 10.6. The lowest BCUT2D eigenvalue weighted by Crippen LogP contribution is -2.33. The van der Waals surface area contributed by atoms with Gasteiger partial charge in [0.25, 0.3) is 0 Å². The zero-order valence-corrected chi connectivity index (χ0v) is 12.3. The molecule has 1 atom stereocenters. The van der Waals surface area contributed by atoms with Crippen LogP contribution in [0.1, 0.15) is 18.9 Å². The highest BCUT2D eigenvalue weighted by Crippen LogP contribution is 2.27. The number of nitrogens with zero attached hydrogens (tertiary/aromatic N) is 1. The highest BCUT2D eigenvalue weighted by molar-refractivity contribution is 8.06. The fourth-order valence-electron chi connectivity index (χ4n) is 1.96. The molecule has 1 aliphatic rings. The number of hydrogen-bond donors (Lipinski definition) is 0. The summed E-state index contributed by atoms with van der Waals surface area (Å²) in [6.45, 7) is 3.45. The third kappa shape index (κ3) is 3.99. The Labute approximate surface area is 117 Å². The first kappa shape index (κ1) is 13.9. The third-order valence-electron chi connectivity index (χ3n) is 2.98. The molecule has 1 amide bonds. The molecule has 2 heterocycles. The van der Waals surface area contributed by atoms with Crippen LogP contribution in [0.4, 0.5) is 0 Å². The molecule has 0 saturated carbocycles. The van der Waals surface area contributed by atoms with Gasteiger partial charge in [-0.15, -0.1) is 0 Å². The van der Waals surface area contributed by atoms with E-state index in [0.29, 0.717) is 18.2 Å². The number of carbonyl (C=O) groups is 1. The Morgan fingerprint density at radius 1 is 1.56 bits per heavy atom. The molecule has 0 N–H and O–H groups in total. The predicted molar refractivity (Wildman–Crippen MR) is 78.0 cm³/mol. The van der Waals surface area contributed by atoms with Gasteiger partial charge >= 0.3 is 0 Å². The molecule has 1 saturated heterocycles. The average Bonchev–Trinajstić information content (AvgIpc) is 2.90. The number of carbonyl (C=O) groups excluding carboxylic acids is 1. The lowest BCUT2D eigenvalue weighted by atomic mass is 10.2. The van der Waals surface area contributed by atoms with Crippen molar-refractivity contribution in [2.24, 2.45) is 0 Å². The van der Waals surface area contributed by atoms with Gasteiger partial charge in [-0.2, -0.15) is 23.5 Å². The molecule has 0 spiro atoms. The standard InChI is InChI=1S/C13H19NO2S2/c1-2-14(8-11-3-4-16-9-11)13(15)7-12-10-17-5-6-18-12/h3-4,9,12H,2,5-8,10H2,1H3/t12-/m0/s1. The Balaban J connectivity index is 1.84. The van der Waals surface area contributed by atoms with Crippen LogP contribution >= 0.6 is 23.5 Å². The van der Waals surface area contributed by atoms with Crippen LogP contribution in [0.25, 0.3) is 0 Å². The fourth-order valence-corrected chi connectivity index (χ4v) is 4.63. The first-order valence-corrected chi connectivity index (χ1v) is 8.48. The van der Waals surface area contributed by atoms with Crippen LogP contribution in [0.15, 0.2) is 23.0 Å². The first-order valence-electron chi connectivity index (χ1n) is 6.27. The van der Waals surface area contributed by atoms with Gasteiger partial charge in [0.1, 0.15) is 0 Å². The van der Waals surface area contributed by atoms with E-state index < -0.39 is 0 Å². The van der Waals surface area contributed by atoms with Crippen LogP contribution in [0.2, 0.25) is 0 Å². The number of amides is 1. The van der Waals surface area contributed by atoms with Crippen LogP contribution in [0.3, 0.4) is 0 Å². The summed E-state index contributed by atoms with van der Waals surface area (Å²) in [6.07, 6.45) is 4.03. The molecule has 0 radical (unpaired) electrons. The molecule has 0 aliphatic carbocycles. The highest BCUT2D eigenvalue weighted by atomic mass is 32.2. The van der Waals surface area contributed by atoms with Crippen molar-refractivity contribution in [1.82, 2.24) is 4.90 Å². The minimum absolute atomic E-state index is 0.263. The molecule has 1 aliphatic heterocycles. The van der Waals surface area contributed by atoms with Gasteiger partial charge in [0, 0.05) is 47.6 Å². The molecule has 0 bridgehead atoms. The van der Waals surface area contributed by atoms with Gasteiger partial charge in [0.15, 0.2) is 0 Å². The summed E-state index contributed by atoms with van der Waals surface area (Å²) in [7, 11) is 0. The fraction of sp³-hybridized carbons (Fsp3) is 0.615. The van der Waals surface area contributed by atoms with Crippen molar-refractivity contribution in [3.8, 4) is 0 Å². The molecule has 1 aromatic heterocycles. The summed E-state index contributed by atoms with van der Waals surface area (Å²) in [5.74, 6) is 3.77. The van der Waals surface area contributed by atoms with Gasteiger partial charge in [0.05, 0.1) is 12.5 Å². The molecule has 3 nitrogen and oxygen atoms in total. The second kappa shape index (κ2) is 7.14. The quantitative estimate of drug-likeness (QED) is 0.833. The van der Waals surface area contributed by atoms with Crippen molar-refractivity contribution in [1.29, 1.82) is 0 Å². The van der Waals surface area contributed by atoms with Gasteiger partial charge in [-0.3, -0.25) is 4.79 Å². The van der Waals surface area contributed by atoms with E-state index in [1.165, 1.54) is 11.5 Å². The van der Waals surface area contributed by atoms with Crippen molar-refractivity contribution in [3.63, 3.8) is 0 Å². The van der Waals surface area contributed by atoms with Gasteiger partial charge in [0.2, 0.25) is 5.91 Å². The van der Waals surface area contributed by atoms with Crippen molar-refractivity contribution < 1.29 is 9.21 Å². The second-order valence-corrected chi connectivity index (χ2v) is 6.87. The summed E-state index contributed by atoms with van der Waals surface area (Å²) in [6, 6.07) is 1.92. The Bertz CT molecular complexity index is 361. The summed E-state index contributed by atoms with van der Waals surface area (Å²) in [5.41, 5.74) is 1.07. The molecule has 5 heteroatoms. The Morgan fingerprint density at radius 2 is 2.44 bits per heavy atom. The summed E-state index contributed by atoms with van der Waals surface area (Å²) >= 11 is 3.90. The van der Waals surface area contributed by atoms with E-state index in [1.807, 2.05) is 41.4 Å². The minimum Gasteiger partial charge on any atom is -0.472 e. The van der Waals surface area contributed by atoms with Gasteiger partial charge in [-0.25, -0.2) is 0 Å². The molecule has 100 valence electrons. The Hall–Kier alpha value is -0.550. The summed E-state index contributed by atoms with van der Waals surface area (Å²) < 4.78 is 5.04. The SMILES string of the molecule is CCN(Cc1ccoc1)C(=O)C[C@H]1CSCCS1. The minimum atomic E-state index is 0.263. The largest absolute Gasteiger partial charge is 0.472 e. The average molecular weight is 285 g/mol. The molecule has 1 fully saturated rings.